The molecule has 0 unspecified atom stereocenters. The standard InChI is InChI=1S/C22H30N4O3/c27-22(5-11-28-12-6-22)15-25-7-9-26(10-8-25)18-3-4-20-19(13-18)21(24-16-23-20)29-14-17-1-2-17/h3-4,13,16-17,27H,1-2,5-12,14-15H2. The Morgan fingerprint density at radius 3 is 2.66 bits per heavy atom. The average molecular weight is 399 g/mol. The molecule has 29 heavy (non-hydrogen) atoms. The number of anilines is 1. The first-order chi connectivity index (χ1) is 14.2. The minimum Gasteiger partial charge on any atom is -0.477 e. The number of aliphatic hydroxyl groups is 1. The van der Waals surface area contributed by atoms with Gasteiger partial charge in [-0.15, -0.1) is 0 Å². The summed E-state index contributed by atoms with van der Waals surface area (Å²) in [6.45, 7) is 6.64. The van der Waals surface area contributed by atoms with Gasteiger partial charge in [-0.05, 0) is 37.0 Å². The molecular formula is C22H30N4O3. The maximum atomic E-state index is 10.8. The molecule has 1 saturated carbocycles. The molecule has 0 bridgehead atoms. The van der Waals surface area contributed by atoms with Crippen LogP contribution in [0, 0.1) is 5.92 Å². The molecule has 0 spiro atoms. The third-order valence-corrected chi connectivity index (χ3v) is 6.41. The lowest BCUT2D eigenvalue weighted by atomic mass is 9.93. The van der Waals surface area contributed by atoms with E-state index in [1.807, 2.05) is 0 Å². The monoisotopic (exact) mass is 398 g/mol. The van der Waals surface area contributed by atoms with Gasteiger partial charge in [-0.3, -0.25) is 4.90 Å². The zero-order chi connectivity index (χ0) is 19.7. The molecule has 2 aliphatic heterocycles. The van der Waals surface area contributed by atoms with E-state index in [1.165, 1.54) is 18.5 Å². The summed E-state index contributed by atoms with van der Waals surface area (Å²) in [6, 6.07) is 6.37. The summed E-state index contributed by atoms with van der Waals surface area (Å²) in [6.07, 6.45) is 5.59. The quantitative estimate of drug-likeness (QED) is 0.799. The summed E-state index contributed by atoms with van der Waals surface area (Å²) in [5.74, 6) is 1.39. The molecular weight excluding hydrogens is 368 g/mol. The van der Waals surface area contributed by atoms with Crippen LogP contribution in [0.25, 0.3) is 10.9 Å². The van der Waals surface area contributed by atoms with Crippen LogP contribution in [0.2, 0.25) is 0 Å². The van der Waals surface area contributed by atoms with Crippen molar-refractivity contribution in [1.82, 2.24) is 14.9 Å². The Kier molecular flexibility index (Phi) is 5.28. The normalized spacial score (nSPS) is 22.7. The number of aromatic nitrogens is 2. The Balaban J connectivity index is 1.24. The van der Waals surface area contributed by atoms with Gasteiger partial charge in [0.1, 0.15) is 6.33 Å². The summed E-state index contributed by atoms with van der Waals surface area (Å²) in [5.41, 5.74) is 1.53. The molecule has 1 aromatic carbocycles. The highest BCUT2D eigenvalue weighted by Gasteiger charge is 2.33. The summed E-state index contributed by atoms with van der Waals surface area (Å²) in [4.78, 5) is 13.6. The van der Waals surface area contributed by atoms with Crippen LogP contribution in [0.1, 0.15) is 25.7 Å². The fraction of sp³-hybridized carbons (Fsp3) is 0.636. The molecule has 0 atom stereocenters. The van der Waals surface area contributed by atoms with Crippen molar-refractivity contribution in [2.75, 3.05) is 57.4 Å². The Morgan fingerprint density at radius 2 is 1.90 bits per heavy atom. The van der Waals surface area contributed by atoms with Gasteiger partial charge < -0.3 is 19.5 Å². The highest BCUT2D eigenvalue weighted by Crippen LogP contribution is 2.32. The molecule has 7 heteroatoms. The number of β-amino-alcohol motifs (C(OH)–C–C–N with tert-alkyl or cyclic N) is 1. The van der Waals surface area contributed by atoms with Crippen LogP contribution in [-0.4, -0.2) is 78.1 Å². The Hall–Kier alpha value is -1.96. The molecule has 1 aliphatic carbocycles. The van der Waals surface area contributed by atoms with E-state index in [1.54, 1.807) is 6.33 Å². The van der Waals surface area contributed by atoms with Crippen molar-refractivity contribution in [3.05, 3.63) is 24.5 Å². The van der Waals surface area contributed by atoms with Gasteiger partial charge in [0.25, 0.3) is 0 Å². The number of hydrogen-bond donors (Lipinski definition) is 1. The summed E-state index contributed by atoms with van der Waals surface area (Å²) in [7, 11) is 0. The second-order valence-electron chi connectivity index (χ2n) is 8.73. The minimum atomic E-state index is -0.589. The highest BCUT2D eigenvalue weighted by atomic mass is 16.5. The van der Waals surface area contributed by atoms with Crippen LogP contribution in [0.4, 0.5) is 5.69 Å². The van der Waals surface area contributed by atoms with Gasteiger partial charge in [-0.2, -0.15) is 0 Å². The zero-order valence-corrected chi connectivity index (χ0v) is 16.9. The molecule has 3 heterocycles. The molecule has 1 aromatic heterocycles. The van der Waals surface area contributed by atoms with Crippen molar-refractivity contribution < 1.29 is 14.6 Å². The Labute approximate surface area is 171 Å². The van der Waals surface area contributed by atoms with Gasteiger partial charge in [0.15, 0.2) is 0 Å². The molecule has 0 radical (unpaired) electrons. The largest absolute Gasteiger partial charge is 0.477 e. The smallest absolute Gasteiger partial charge is 0.224 e. The summed E-state index contributed by atoms with van der Waals surface area (Å²) >= 11 is 0. The lowest BCUT2D eigenvalue weighted by Gasteiger charge is -2.41. The second kappa shape index (κ2) is 8.05. The lowest BCUT2D eigenvalue weighted by molar-refractivity contribution is -0.0802. The van der Waals surface area contributed by atoms with Crippen molar-refractivity contribution in [1.29, 1.82) is 0 Å². The number of nitrogens with zero attached hydrogens (tertiary/aromatic N) is 4. The summed E-state index contributed by atoms with van der Waals surface area (Å²) < 4.78 is 11.4. The lowest BCUT2D eigenvalue weighted by Crippen LogP contribution is -2.53. The molecule has 156 valence electrons. The van der Waals surface area contributed by atoms with Crippen molar-refractivity contribution in [3.63, 3.8) is 0 Å². The SMILES string of the molecule is OC1(CN2CCN(c3ccc4ncnc(OCC5CC5)c4c3)CC2)CCOCC1. The van der Waals surface area contributed by atoms with Crippen LogP contribution in [0.3, 0.4) is 0 Å². The van der Waals surface area contributed by atoms with Crippen LogP contribution >= 0.6 is 0 Å². The first-order valence-corrected chi connectivity index (χ1v) is 10.8. The highest BCUT2D eigenvalue weighted by molar-refractivity contribution is 5.86. The maximum absolute atomic E-state index is 10.8. The van der Waals surface area contributed by atoms with E-state index in [-0.39, 0.29) is 0 Å². The van der Waals surface area contributed by atoms with Crippen LogP contribution in [0.5, 0.6) is 5.88 Å². The van der Waals surface area contributed by atoms with E-state index in [2.05, 4.69) is 38.0 Å². The molecule has 3 fully saturated rings. The van der Waals surface area contributed by atoms with Crippen molar-refractivity contribution in [2.24, 2.45) is 5.92 Å². The first kappa shape index (κ1) is 19.0. The first-order valence-electron chi connectivity index (χ1n) is 10.8. The van der Waals surface area contributed by atoms with E-state index in [4.69, 9.17) is 9.47 Å². The molecule has 2 saturated heterocycles. The number of benzene rings is 1. The maximum Gasteiger partial charge on any atom is 0.224 e. The second-order valence-corrected chi connectivity index (χ2v) is 8.73. The predicted octanol–water partition coefficient (Wildman–Crippen LogP) is 2.08. The topological polar surface area (TPSA) is 71.0 Å². The van der Waals surface area contributed by atoms with Crippen LogP contribution in [0.15, 0.2) is 24.5 Å². The molecule has 2 aromatic rings. The zero-order valence-electron chi connectivity index (χ0n) is 16.9. The third kappa shape index (κ3) is 4.47. The van der Waals surface area contributed by atoms with Gasteiger partial charge >= 0.3 is 0 Å². The predicted molar refractivity (Wildman–Crippen MR) is 111 cm³/mol. The molecule has 5 rings (SSSR count). The van der Waals surface area contributed by atoms with Gasteiger partial charge in [-0.25, -0.2) is 9.97 Å². The van der Waals surface area contributed by atoms with Gasteiger partial charge in [0.05, 0.1) is 23.1 Å². The van der Waals surface area contributed by atoms with Gasteiger partial charge in [0.2, 0.25) is 5.88 Å². The number of ether oxygens (including phenoxy) is 2. The van der Waals surface area contributed by atoms with E-state index in [0.717, 1.165) is 63.1 Å². The van der Waals surface area contributed by atoms with Crippen molar-refractivity contribution in [2.45, 2.75) is 31.3 Å². The molecule has 3 aliphatic rings. The van der Waals surface area contributed by atoms with Gasteiger partial charge in [-0.1, -0.05) is 0 Å². The van der Waals surface area contributed by atoms with E-state index in [0.29, 0.717) is 25.0 Å². The van der Waals surface area contributed by atoms with Crippen molar-refractivity contribution >= 4 is 16.6 Å². The molecule has 1 N–H and O–H groups in total. The van der Waals surface area contributed by atoms with Gasteiger partial charge in [0, 0.05) is 64.5 Å². The molecule has 7 nitrogen and oxygen atoms in total. The molecule has 0 amide bonds. The minimum absolute atomic E-state index is 0.589. The fourth-order valence-electron chi connectivity index (χ4n) is 4.30. The Morgan fingerprint density at radius 1 is 1.10 bits per heavy atom. The van der Waals surface area contributed by atoms with Crippen molar-refractivity contribution in [3.8, 4) is 5.88 Å². The van der Waals surface area contributed by atoms with Crippen LogP contribution in [-0.2, 0) is 4.74 Å². The van der Waals surface area contributed by atoms with E-state index < -0.39 is 5.60 Å². The number of piperazine rings is 1. The van der Waals surface area contributed by atoms with E-state index >= 15 is 0 Å². The number of hydrogen-bond acceptors (Lipinski definition) is 7. The Bertz CT molecular complexity index is 843. The third-order valence-electron chi connectivity index (χ3n) is 6.41. The van der Waals surface area contributed by atoms with E-state index in [9.17, 15) is 5.11 Å². The summed E-state index contributed by atoms with van der Waals surface area (Å²) in [5, 5.41) is 11.8. The fourth-order valence-corrected chi connectivity index (χ4v) is 4.30. The van der Waals surface area contributed by atoms with Crippen LogP contribution < -0.4 is 9.64 Å². The number of rotatable bonds is 6. The number of fused-ring (bicyclic) bond motifs is 1. The average Bonchev–Trinajstić information content (AvgIpc) is 3.57.